The summed E-state index contributed by atoms with van der Waals surface area (Å²) in [6.45, 7) is 0.456. The van der Waals surface area contributed by atoms with Gasteiger partial charge in [0, 0.05) is 0 Å². The van der Waals surface area contributed by atoms with E-state index in [0.29, 0.717) is 11.7 Å². The molecule has 0 aliphatic carbocycles. The molecule has 2 aromatic rings. The van der Waals surface area contributed by atoms with Crippen molar-refractivity contribution >= 4 is 23.7 Å². The summed E-state index contributed by atoms with van der Waals surface area (Å²) in [5.74, 6) is -0.00456. The molecule has 1 aromatic heterocycles. The monoisotopic (exact) mass is 294 g/mol. The molecule has 0 amide bonds. The molecule has 3 N–H and O–H groups in total. The highest BCUT2D eigenvalue weighted by molar-refractivity contribution is 7.99. The van der Waals surface area contributed by atoms with Crippen LogP contribution >= 0.6 is 11.8 Å². The summed E-state index contributed by atoms with van der Waals surface area (Å²) in [7, 11) is 1.60. The fourth-order valence-corrected chi connectivity index (χ4v) is 2.30. The summed E-state index contributed by atoms with van der Waals surface area (Å²) >= 11 is 1.08. The van der Waals surface area contributed by atoms with E-state index in [0.717, 1.165) is 23.1 Å². The number of ether oxygens (including phenoxy) is 1. The third-order valence-electron chi connectivity index (χ3n) is 2.55. The first-order valence-electron chi connectivity index (χ1n) is 5.76. The van der Waals surface area contributed by atoms with Crippen LogP contribution in [0.15, 0.2) is 29.4 Å². The lowest BCUT2D eigenvalue weighted by atomic mass is 10.2. The maximum Gasteiger partial charge on any atom is 0.313 e. The molecule has 0 aliphatic rings. The summed E-state index contributed by atoms with van der Waals surface area (Å²) in [6.07, 6.45) is 0. The van der Waals surface area contributed by atoms with Gasteiger partial charge in [0.15, 0.2) is 5.16 Å². The zero-order valence-corrected chi connectivity index (χ0v) is 11.6. The van der Waals surface area contributed by atoms with Gasteiger partial charge in [-0.05, 0) is 17.7 Å². The fraction of sp³-hybridized carbons (Fsp3) is 0.250. The summed E-state index contributed by atoms with van der Waals surface area (Å²) in [6, 6.07) is 7.52. The molecule has 8 heteroatoms. The number of carbonyl (C=O) groups is 1. The summed E-state index contributed by atoms with van der Waals surface area (Å²) in [5, 5.41) is 16.8. The Morgan fingerprint density at radius 2 is 2.30 bits per heavy atom. The van der Waals surface area contributed by atoms with Crippen LogP contribution in [0, 0.1) is 0 Å². The molecule has 0 unspecified atom stereocenters. The second kappa shape index (κ2) is 6.29. The minimum absolute atomic E-state index is 0.0871. The molecule has 7 nitrogen and oxygen atoms in total. The summed E-state index contributed by atoms with van der Waals surface area (Å²) in [5.41, 5.74) is 6.73. The quantitative estimate of drug-likeness (QED) is 0.769. The number of nitrogens with two attached hydrogens (primary N) is 1. The van der Waals surface area contributed by atoms with Gasteiger partial charge in [-0.25, -0.2) is 0 Å². The van der Waals surface area contributed by atoms with Gasteiger partial charge in [0.05, 0.1) is 19.4 Å². The van der Waals surface area contributed by atoms with Crippen molar-refractivity contribution in [3.63, 3.8) is 0 Å². The minimum atomic E-state index is -0.912. The zero-order valence-electron chi connectivity index (χ0n) is 10.8. The van der Waals surface area contributed by atoms with Gasteiger partial charge in [-0.1, -0.05) is 23.9 Å². The van der Waals surface area contributed by atoms with Crippen molar-refractivity contribution in [2.45, 2.75) is 11.7 Å². The standard InChI is InChI=1S/C12H14N4O3S/c1-19-9-4-2-3-8(5-9)6-16-11(13)14-15-12(16)20-7-10(17)18/h2-5H,6-7H2,1H3,(H2,13,14)(H,17,18). The Morgan fingerprint density at radius 3 is 3.00 bits per heavy atom. The Kier molecular flexibility index (Phi) is 4.46. The number of rotatable bonds is 6. The van der Waals surface area contributed by atoms with Crippen molar-refractivity contribution in [3.8, 4) is 5.75 Å². The van der Waals surface area contributed by atoms with Gasteiger partial charge >= 0.3 is 5.97 Å². The van der Waals surface area contributed by atoms with Crippen LogP contribution in [0.2, 0.25) is 0 Å². The van der Waals surface area contributed by atoms with Crippen LogP contribution in [0.4, 0.5) is 5.95 Å². The average molecular weight is 294 g/mol. The molecule has 0 saturated carbocycles. The van der Waals surface area contributed by atoms with Gasteiger partial charge in [-0.2, -0.15) is 0 Å². The maximum atomic E-state index is 10.6. The van der Waals surface area contributed by atoms with E-state index < -0.39 is 5.97 Å². The van der Waals surface area contributed by atoms with Crippen LogP contribution < -0.4 is 10.5 Å². The number of nitrogens with zero attached hydrogens (tertiary/aromatic N) is 3. The van der Waals surface area contributed by atoms with E-state index in [1.807, 2.05) is 24.3 Å². The molecule has 0 spiro atoms. The molecule has 1 heterocycles. The molecule has 0 fully saturated rings. The predicted octanol–water partition coefficient (Wildman–Crippen LogP) is 1.09. The van der Waals surface area contributed by atoms with E-state index in [2.05, 4.69) is 10.2 Å². The predicted molar refractivity (Wildman–Crippen MR) is 74.9 cm³/mol. The van der Waals surface area contributed by atoms with Crippen molar-refractivity contribution in [3.05, 3.63) is 29.8 Å². The van der Waals surface area contributed by atoms with E-state index in [9.17, 15) is 4.79 Å². The largest absolute Gasteiger partial charge is 0.497 e. The third-order valence-corrected chi connectivity index (χ3v) is 3.50. The van der Waals surface area contributed by atoms with Crippen molar-refractivity contribution in [1.29, 1.82) is 0 Å². The molecule has 1 aromatic carbocycles. The SMILES string of the molecule is COc1cccc(Cn2c(N)nnc2SCC(=O)O)c1. The van der Waals surface area contributed by atoms with E-state index in [1.165, 1.54) is 0 Å². The molecule has 0 radical (unpaired) electrons. The van der Waals surface area contributed by atoms with E-state index in [-0.39, 0.29) is 11.7 Å². The molecule has 0 aliphatic heterocycles. The summed E-state index contributed by atoms with van der Waals surface area (Å²) < 4.78 is 6.83. The van der Waals surface area contributed by atoms with Crippen LogP contribution in [-0.2, 0) is 11.3 Å². The highest BCUT2D eigenvalue weighted by Crippen LogP contribution is 2.21. The van der Waals surface area contributed by atoms with Crippen molar-refractivity contribution in [2.24, 2.45) is 0 Å². The molecule has 0 atom stereocenters. The number of methoxy groups -OCH3 is 1. The van der Waals surface area contributed by atoms with Gasteiger partial charge in [-0.15, -0.1) is 10.2 Å². The smallest absolute Gasteiger partial charge is 0.313 e. The Bertz CT molecular complexity index is 614. The lowest BCUT2D eigenvalue weighted by Crippen LogP contribution is -2.07. The first-order chi connectivity index (χ1) is 9.60. The van der Waals surface area contributed by atoms with Gasteiger partial charge < -0.3 is 15.6 Å². The molecule has 0 saturated heterocycles. The van der Waals surface area contributed by atoms with Gasteiger partial charge in [-0.3, -0.25) is 9.36 Å². The molecule has 2 rings (SSSR count). The van der Waals surface area contributed by atoms with Crippen LogP contribution in [-0.4, -0.2) is 38.7 Å². The van der Waals surface area contributed by atoms with Gasteiger partial charge in [0.25, 0.3) is 0 Å². The fourth-order valence-electron chi connectivity index (χ4n) is 1.64. The Balaban J connectivity index is 2.19. The number of carboxylic acids is 1. The maximum absolute atomic E-state index is 10.6. The highest BCUT2D eigenvalue weighted by atomic mass is 32.2. The van der Waals surface area contributed by atoms with Crippen LogP contribution in [0.5, 0.6) is 5.75 Å². The Morgan fingerprint density at radius 1 is 1.50 bits per heavy atom. The second-order valence-corrected chi connectivity index (χ2v) is 4.90. The third kappa shape index (κ3) is 3.41. The molecule has 106 valence electrons. The number of thioether (sulfide) groups is 1. The number of hydrogen-bond acceptors (Lipinski definition) is 6. The number of benzene rings is 1. The zero-order chi connectivity index (χ0) is 14.5. The Hall–Kier alpha value is -2.22. The number of aliphatic carboxylic acids is 1. The molecular weight excluding hydrogens is 280 g/mol. The molecule has 20 heavy (non-hydrogen) atoms. The molecular formula is C12H14N4O3S. The summed E-state index contributed by atoms with van der Waals surface area (Å²) in [4.78, 5) is 10.6. The minimum Gasteiger partial charge on any atom is -0.497 e. The Labute approximate surface area is 119 Å². The second-order valence-electron chi connectivity index (χ2n) is 3.96. The number of carboxylic acid groups (broad SMARTS) is 1. The lowest BCUT2D eigenvalue weighted by molar-refractivity contribution is -0.133. The number of aromatic nitrogens is 3. The van der Waals surface area contributed by atoms with Crippen molar-refractivity contribution < 1.29 is 14.6 Å². The van der Waals surface area contributed by atoms with Crippen LogP contribution in [0.3, 0.4) is 0 Å². The van der Waals surface area contributed by atoms with Crippen LogP contribution in [0.25, 0.3) is 0 Å². The van der Waals surface area contributed by atoms with Crippen molar-refractivity contribution in [2.75, 3.05) is 18.6 Å². The van der Waals surface area contributed by atoms with Crippen molar-refractivity contribution in [1.82, 2.24) is 14.8 Å². The van der Waals surface area contributed by atoms with Gasteiger partial charge in [0.2, 0.25) is 5.95 Å². The average Bonchev–Trinajstić information content (AvgIpc) is 2.78. The molecule has 0 bridgehead atoms. The first kappa shape index (κ1) is 14.2. The number of hydrogen-bond donors (Lipinski definition) is 2. The normalized spacial score (nSPS) is 10.4. The van der Waals surface area contributed by atoms with E-state index in [4.69, 9.17) is 15.6 Å². The van der Waals surface area contributed by atoms with Crippen LogP contribution in [0.1, 0.15) is 5.56 Å². The highest BCUT2D eigenvalue weighted by Gasteiger charge is 2.12. The van der Waals surface area contributed by atoms with E-state index >= 15 is 0 Å². The number of nitrogen functional groups attached to an aromatic ring is 1. The topological polar surface area (TPSA) is 103 Å². The first-order valence-corrected chi connectivity index (χ1v) is 6.75. The number of anilines is 1. The lowest BCUT2D eigenvalue weighted by Gasteiger charge is -2.08. The van der Waals surface area contributed by atoms with E-state index in [1.54, 1.807) is 11.7 Å². The van der Waals surface area contributed by atoms with Gasteiger partial charge in [0.1, 0.15) is 5.75 Å².